The van der Waals surface area contributed by atoms with Crippen LogP contribution in [0, 0.1) is 5.82 Å². The van der Waals surface area contributed by atoms with Gasteiger partial charge >= 0.3 is 0 Å². The molecule has 0 saturated carbocycles. The van der Waals surface area contributed by atoms with Crippen molar-refractivity contribution < 1.29 is 8.91 Å². The molecule has 0 fully saturated rings. The van der Waals surface area contributed by atoms with Crippen LogP contribution >= 0.6 is 0 Å². The second-order valence-corrected chi connectivity index (χ2v) is 5.08. The molecule has 3 aromatic rings. The number of nitrogens with zero attached hydrogens (tertiary/aromatic N) is 4. The summed E-state index contributed by atoms with van der Waals surface area (Å²) in [7, 11) is 0. The maximum Gasteiger partial charge on any atom is 0.151 e. The van der Waals surface area contributed by atoms with Gasteiger partial charge in [-0.05, 0) is 31.2 Å². The van der Waals surface area contributed by atoms with Gasteiger partial charge in [0, 0.05) is 17.7 Å². The number of hydrogen-bond acceptors (Lipinski definition) is 5. The highest BCUT2D eigenvalue weighted by Crippen LogP contribution is 2.19. The average Bonchev–Trinajstić information content (AvgIpc) is 3.17. The maximum absolute atomic E-state index is 12.9. The fourth-order valence-electron chi connectivity index (χ4n) is 2.10. The number of nitrogens with one attached hydrogen (secondary N) is 1. The first-order valence-corrected chi connectivity index (χ1v) is 6.98. The fourth-order valence-corrected chi connectivity index (χ4v) is 2.10. The number of hydrogen-bond donors (Lipinski definition) is 1. The molecule has 1 aromatic carbocycles. The van der Waals surface area contributed by atoms with Crippen molar-refractivity contribution in [1.82, 2.24) is 25.2 Å². The highest BCUT2D eigenvalue weighted by molar-refractivity contribution is 5.58. The Balaban J connectivity index is 1.56. The van der Waals surface area contributed by atoms with E-state index in [1.807, 2.05) is 6.07 Å². The summed E-state index contributed by atoms with van der Waals surface area (Å²) >= 11 is 0. The van der Waals surface area contributed by atoms with Crippen LogP contribution in [0.4, 0.5) is 4.39 Å². The smallest absolute Gasteiger partial charge is 0.151 e. The summed E-state index contributed by atoms with van der Waals surface area (Å²) in [5, 5.41) is 11.4. The van der Waals surface area contributed by atoms with Gasteiger partial charge in [-0.15, -0.1) is 0 Å². The Morgan fingerprint density at radius 2 is 2.14 bits per heavy atom. The Morgan fingerprint density at radius 1 is 1.32 bits per heavy atom. The van der Waals surface area contributed by atoms with Crippen LogP contribution in [0.2, 0.25) is 0 Å². The lowest BCUT2D eigenvalue weighted by Gasteiger charge is -2.11. The summed E-state index contributed by atoms with van der Waals surface area (Å²) in [4.78, 5) is 3.91. The van der Waals surface area contributed by atoms with Crippen molar-refractivity contribution in [1.29, 1.82) is 0 Å². The lowest BCUT2D eigenvalue weighted by molar-refractivity contribution is 0.357. The zero-order chi connectivity index (χ0) is 15.4. The molecular weight excluding hydrogens is 285 g/mol. The molecule has 0 aliphatic heterocycles. The van der Waals surface area contributed by atoms with Gasteiger partial charge in [0.05, 0.1) is 13.1 Å². The zero-order valence-corrected chi connectivity index (χ0v) is 12.1. The van der Waals surface area contributed by atoms with Gasteiger partial charge in [-0.25, -0.2) is 9.37 Å². The molecule has 22 heavy (non-hydrogen) atoms. The topological polar surface area (TPSA) is 68.8 Å². The predicted molar refractivity (Wildman–Crippen MR) is 78.2 cm³/mol. The summed E-state index contributed by atoms with van der Waals surface area (Å²) in [5.74, 6) is 0.459. The van der Waals surface area contributed by atoms with E-state index in [2.05, 4.69) is 27.5 Å². The highest BCUT2D eigenvalue weighted by Gasteiger charge is 2.09. The number of halogens is 1. The van der Waals surface area contributed by atoms with Crippen molar-refractivity contribution in [2.75, 3.05) is 0 Å². The first-order valence-electron chi connectivity index (χ1n) is 6.98. The van der Waals surface area contributed by atoms with Gasteiger partial charge in [0.2, 0.25) is 0 Å². The molecule has 114 valence electrons. The van der Waals surface area contributed by atoms with Gasteiger partial charge in [0.15, 0.2) is 5.76 Å². The van der Waals surface area contributed by atoms with Crippen LogP contribution in [0.1, 0.15) is 12.7 Å². The van der Waals surface area contributed by atoms with E-state index in [0.717, 1.165) is 17.9 Å². The molecule has 2 heterocycles. The quantitative estimate of drug-likeness (QED) is 0.756. The van der Waals surface area contributed by atoms with Crippen LogP contribution in [0.5, 0.6) is 0 Å². The number of benzene rings is 1. The monoisotopic (exact) mass is 301 g/mol. The van der Waals surface area contributed by atoms with E-state index in [1.54, 1.807) is 23.1 Å². The molecule has 2 aromatic heterocycles. The minimum atomic E-state index is -0.268. The van der Waals surface area contributed by atoms with Crippen molar-refractivity contribution in [2.24, 2.45) is 0 Å². The average molecular weight is 301 g/mol. The lowest BCUT2D eigenvalue weighted by atomic mass is 10.1. The van der Waals surface area contributed by atoms with E-state index < -0.39 is 0 Å². The second-order valence-electron chi connectivity index (χ2n) is 5.08. The molecule has 0 saturated heterocycles. The first kappa shape index (κ1) is 14.4. The maximum atomic E-state index is 12.9. The Labute approximate surface area is 127 Å². The SMILES string of the molecule is C[C@@H](Cn1cncn1)NCc1cc(-c2ccc(F)cc2)no1. The number of rotatable bonds is 6. The van der Waals surface area contributed by atoms with E-state index in [1.165, 1.54) is 18.5 Å². The summed E-state index contributed by atoms with van der Waals surface area (Å²) in [6.07, 6.45) is 3.19. The van der Waals surface area contributed by atoms with Crippen LogP contribution in [0.25, 0.3) is 11.3 Å². The zero-order valence-electron chi connectivity index (χ0n) is 12.1. The molecular formula is C15H16FN5O. The fraction of sp³-hybridized carbons (Fsp3) is 0.267. The minimum Gasteiger partial charge on any atom is -0.359 e. The van der Waals surface area contributed by atoms with Crippen LogP contribution in [-0.4, -0.2) is 26.0 Å². The van der Waals surface area contributed by atoms with Gasteiger partial charge in [-0.2, -0.15) is 5.10 Å². The van der Waals surface area contributed by atoms with Crippen LogP contribution in [0.3, 0.4) is 0 Å². The Bertz CT molecular complexity index is 708. The molecule has 0 radical (unpaired) electrons. The number of aromatic nitrogens is 4. The van der Waals surface area contributed by atoms with Crippen LogP contribution in [0.15, 0.2) is 47.5 Å². The van der Waals surface area contributed by atoms with E-state index in [0.29, 0.717) is 12.2 Å². The normalized spacial score (nSPS) is 12.5. The van der Waals surface area contributed by atoms with Gasteiger partial charge < -0.3 is 9.84 Å². The van der Waals surface area contributed by atoms with Gasteiger partial charge in [0.25, 0.3) is 0 Å². The third-order valence-electron chi connectivity index (χ3n) is 3.25. The van der Waals surface area contributed by atoms with E-state index in [9.17, 15) is 4.39 Å². The summed E-state index contributed by atoms with van der Waals surface area (Å²) in [5.41, 5.74) is 1.52. The third-order valence-corrected chi connectivity index (χ3v) is 3.25. The molecule has 6 nitrogen and oxygen atoms in total. The van der Waals surface area contributed by atoms with Crippen molar-refractivity contribution >= 4 is 0 Å². The van der Waals surface area contributed by atoms with Crippen LogP contribution in [-0.2, 0) is 13.1 Å². The summed E-state index contributed by atoms with van der Waals surface area (Å²) in [6, 6.07) is 8.23. The lowest BCUT2D eigenvalue weighted by Crippen LogP contribution is -2.30. The summed E-state index contributed by atoms with van der Waals surface area (Å²) in [6.45, 7) is 3.34. The van der Waals surface area contributed by atoms with E-state index in [4.69, 9.17) is 4.52 Å². The third kappa shape index (κ3) is 3.56. The van der Waals surface area contributed by atoms with E-state index >= 15 is 0 Å². The predicted octanol–water partition coefficient (Wildman–Crippen LogP) is 2.25. The Morgan fingerprint density at radius 3 is 2.86 bits per heavy atom. The Hall–Kier alpha value is -2.54. The molecule has 1 atom stereocenters. The second kappa shape index (κ2) is 6.48. The van der Waals surface area contributed by atoms with Crippen molar-refractivity contribution in [3.63, 3.8) is 0 Å². The Kier molecular flexibility index (Phi) is 4.24. The van der Waals surface area contributed by atoms with Crippen molar-refractivity contribution in [3.8, 4) is 11.3 Å². The molecule has 0 unspecified atom stereocenters. The van der Waals surface area contributed by atoms with E-state index in [-0.39, 0.29) is 11.9 Å². The molecule has 0 spiro atoms. The molecule has 3 rings (SSSR count). The standard InChI is InChI=1S/C15H16FN5O/c1-11(8-21-10-17-9-19-21)18-7-14-6-15(20-22-14)12-2-4-13(16)5-3-12/h2-6,9-11,18H,7-8H2,1H3/t11-/m0/s1. The highest BCUT2D eigenvalue weighted by atomic mass is 19.1. The largest absolute Gasteiger partial charge is 0.359 e. The summed E-state index contributed by atoms with van der Waals surface area (Å²) < 4.78 is 20.0. The molecule has 0 amide bonds. The molecule has 0 aliphatic rings. The molecule has 1 N–H and O–H groups in total. The minimum absolute atomic E-state index is 0.209. The molecule has 0 aliphatic carbocycles. The first-order chi connectivity index (χ1) is 10.7. The molecule has 0 bridgehead atoms. The van der Waals surface area contributed by atoms with Crippen LogP contribution < -0.4 is 5.32 Å². The van der Waals surface area contributed by atoms with Crippen molar-refractivity contribution in [3.05, 3.63) is 54.6 Å². The van der Waals surface area contributed by atoms with Gasteiger partial charge in [0.1, 0.15) is 24.2 Å². The van der Waals surface area contributed by atoms with Gasteiger partial charge in [-0.1, -0.05) is 5.16 Å². The van der Waals surface area contributed by atoms with Crippen molar-refractivity contribution in [2.45, 2.75) is 26.1 Å². The van der Waals surface area contributed by atoms with Gasteiger partial charge in [-0.3, -0.25) is 4.68 Å². The molecule has 7 heteroatoms.